The molecule has 1 heterocycles. The minimum atomic E-state index is 0.186. The van der Waals surface area contributed by atoms with E-state index in [2.05, 4.69) is 11.8 Å². The second-order valence-corrected chi connectivity index (χ2v) is 6.10. The first kappa shape index (κ1) is 14.9. The number of aromatic hydroxyl groups is 1. The fraction of sp³-hybridized carbons (Fsp3) is 0.571. The molecule has 1 aliphatic rings. The first-order valence-corrected chi connectivity index (χ1v) is 7.28. The third-order valence-electron chi connectivity index (χ3n) is 3.88. The van der Waals surface area contributed by atoms with Gasteiger partial charge in [0.15, 0.2) is 0 Å². The van der Waals surface area contributed by atoms with Crippen molar-refractivity contribution in [3.63, 3.8) is 0 Å². The topological polar surface area (TPSA) is 43.7 Å². The largest absolute Gasteiger partial charge is 0.508 e. The molecule has 2 atom stereocenters. The van der Waals surface area contributed by atoms with E-state index >= 15 is 0 Å². The lowest BCUT2D eigenvalue weighted by atomic mass is 9.92. The molecule has 0 radical (unpaired) electrons. The zero-order valence-electron chi connectivity index (χ0n) is 10.9. The minimum absolute atomic E-state index is 0.186. The van der Waals surface area contributed by atoms with Crippen LogP contribution in [0.5, 0.6) is 5.75 Å². The Hall–Kier alpha value is -0.480. The Labute approximate surface area is 123 Å². The predicted octanol–water partition coefficient (Wildman–Crippen LogP) is 3.29. The monoisotopic (exact) mass is 303 g/mol. The van der Waals surface area contributed by atoms with Crippen molar-refractivity contribution >= 4 is 23.2 Å². The Morgan fingerprint density at radius 3 is 2.63 bits per heavy atom. The third-order valence-corrected chi connectivity index (χ3v) is 4.60. The number of benzene rings is 1. The van der Waals surface area contributed by atoms with E-state index in [4.69, 9.17) is 23.2 Å². The van der Waals surface area contributed by atoms with E-state index < -0.39 is 0 Å². The van der Waals surface area contributed by atoms with Crippen LogP contribution in [0.3, 0.4) is 0 Å². The summed E-state index contributed by atoms with van der Waals surface area (Å²) in [6.07, 6.45) is 1.97. The van der Waals surface area contributed by atoms with Crippen molar-refractivity contribution in [1.29, 1.82) is 0 Å². The molecule has 2 rings (SSSR count). The minimum Gasteiger partial charge on any atom is -0.508 e. The smallest absolute Gasteiger partial charge is 0.121 e. The Bertz CT molecular complexity index is 453. The van der Waals surface area contributed by atoms with Crippen molar-refractivity contribution in [1.82, 2.24) is 4.90 Å². The van der Waals surface area contributed by atoms with Gasteiger partial charge in [-0.15, -0.1) is 0 Å². The van der Waals surface area contributed by atoms with Crippen molar-refractivity contribution in [2.75, 3.05) is 13.2 Å². The molecule has 106 valence electrons. The summed E-state index contributed by atoms with van der Waals surface area (Å²) in [5.41, 5.74) is 0.795. The Kier molecular flexibility index (Phi) is 4.96. The number of aliphatic hydroxyl groups is 1. The highest BCUT2D eigenvalue weighted by atomic mass is 35.5. The molecule has 0 aromatic heterocycles. The molecule has 0 aliphatic carbocycles. The lowest BCUT2D eigenvalue weighted by Crippen LogP contribution is -2.41. The zero-order chi connectivity index (χ0) is 14.0. The van der Waals surface area contributed by atoms with Crippen LogP contribution in [0, 0.1) is 5.92 Å². The number of hydrogen-bond acceptors (Lipinski definition) is 3. The van der Waals surface area contributed by atoms with E-state index in [0.29, 0.717) is 28.5 Å². The van der Waals surface area contributed by atoms with Gasteiger partial charge < -0.3 is 10.2 Å². The van der Waals surface area contributed by atoms with Crippen LogP contribution in [0.4, 0.5) is 0 Å². The third kappa shape index (κ3) is 3.54. The number of rotatable bonds is 3. The van der Waals surface area contributed by atoms with Gasteiger partial charge in [0.05, 0.1) is 10.0 Å². The molecule has 1 saturated heterocycles. The molecule has 2 N–H and O–H groups in total. The highest BCUT2D eigenvalue weighted by molar-refractivity contribution is 6.42. The van der Waals surface area contributed by atoms with Gasteiger partial charge in [0.25, 0.3) is 0 Å². The summed E-state index contributed by atoms with van der Waals surface area (Å²) in [6.45, 7) is 3.99. The average Bonchev–Trinajstić information content (AvgIpc) is 2.38. The normalized spacial score (nSPS) is 24.6. The standard InChI is InChI=1S/C14H19Cl2NO2/c1-9-4-10(8-18)2-3-17(9)7-11-5-12(15)13(16)6-14(11)19/h5-6,9-10,18-19H,2-4,7-8H2,1H3/t9-,10-/m0/s1. The van der Waals surface area contributed by atoms with Gasteiger partial charge in [0.2, 0.25) is 0 Å². The molecule has 0 unspecified atom stereocenters. The Morgan fingerprint density at radius 1 is 1.32 bits per heavy atom. The molecule has 5 heteroatoms. The summed E-state index contributed by atoms with van der Waals surface area (Å²) in [5.74, 6) is 0.583. The van der Waals surface area contributed by atoms with E-state index in [1.807, 2.05) is 0 Å². The molecule has 0 bridgehead atoms. The number of likely N-dealkylation sites (tertiary alicyclic amines) is 1. The van der Waals surface area contributed by atoms with Gasteiger partial charge in [-0.3, -0.25) is 4.90 Å². The van der Waals surface area contributed by atoms with E-state index in [9.17, 15) is 10.2 Å². The van der Waals surface area contributed by atoms with Gasteiger partial charge in [0.1, 0.15) is 5.75 Å². The predicted molar refractivity (Wildman–Crippen MR) is 77.8 cm³/mol. The number of nitrogens with zero attached hydrogens (tertiary/aromatic N) is 1. The number of halogens is 2. The van der Waals surface area contributed by atoms with E-state index in [1.54, 1.807) is 6.07 Å². The Morgan fingerprint density at radius 2 is 2.00 bits per heavy atom. The van der Waals surface area contributed by atoms with Gasteiger partial charge in [-0.25, -0.2) is 0 Å². The van der Waals surface area contributed by atoms with Gasteiger partial charge in [-0.05, 0) is 38.3 Å². The molecule has 19 heavy (non-hydrogen) atoms. The summed E-state index contributed by atoms with van der Waals surface area (Å²) in [7, 11) is 0. The second kappa shape index (κ2) is 6.31. The van der Waals surface area contributed by atoms with E-state index in [-0.39, 0.29) is 12.4 Å². The van der Waals surface area contributed by atoms with Gasteiger partial charge >= 0.3 is 0 Å². The molecule has 1 aromatic rings. The molecule has 1 fully saturated rings. The van der Waals surface area contributed by atoms with Crippen LogP contribution in [-0.2, 0) is 6.54 Å². The second-order valence-electron chi connectivity index (χ2n) is 5.29. The summed E-state index contributed by atoms with van der Waals surface area (Å²) in [4.78, 5) is 2.30. The molecular weight excluding hydrogens is 285 g/mol. The molecular formula is C14H19Cl2NO2. The maximum Gasteiger partial charge on any atom is 0.121 e. The van der Waals surface area contributed by atoms with Gasteiger partial charge in [-0.2, -0.15) is 0 Å². The highest BCUT2D eigenvalue weighted by Crippen LogP contribution is 2.32. The van der Waals surface area contributed by atoms with Crippen LogP contribution in [0.2, 0.25) is 10.0 Å². The SMILES string of the molecule is C[C@H]1C[C@@H](CO)CCN1Cc1cc(Cl)c(Cl)cc1O. The van der Waals surface area contributed by atoms with Crippen molar-refractivity contribution in [2.24, 2.45) is 5.92 Å². The molecule has 1 aliphatic heterocycles. The van der Waals surface area contributed by atoms with Crippen LogP contribution >= 0.6 is 23.2 Å². The number of piperidine rings is 1. The lowest BCUT2D eigenvalue weighted by Gasteiger charge is -2.37. The van der Waals surface area contributed by atoms with Crippen LogP contribution in [0.1, 0.15) is 25.3 Å². The van der Waals surface area contributed by atoms with Gasteiger partial charge in [0, 0.05) is 30.8 Å². The first-order chi connectivity index (χ1) is 9.01. The summed E-state index contributed by atoms with van der Waals surface area (Å²) in [6, 6.07) is 3.61. The fourth-order valence-corrected chi connectivity index (χ4v) is 2.99. The van der Waals surface area contributed by atoms with Crippen LogP contribution < -0.4 is 0 Å². The maximum atomic E-state index is 9.92. The van der Waals surface area contributed by atoms with E-state index in [1.165, 1.54) is 6.07 Å². The van der Waals surface area contributed by atoms with Crippen LogP contribution in [0.25, 0.3) is 0 Å². The van der Waals surface area contributed by atoms with Crippen LogP contribution in [-0.4, -0.2) is 34.3 Å². The van der Waals surface area contributed by atoms with E-state index in [0.717, 1.165) is 24.9 Å². The quantitative estimate of drug-likeness (QED) is 0.900. The summed E-state index contributed by atoms with van der Waals surface area (Å²) in [5, 5.41) is 20.0. The van der Waals surface area contributed by atoms with Crippen molar-refractivity contribution in [3.05, 3.63) is 27.7 Å². The number of phenols is 1. The number of aliphatic hydroxyl groups excluding tert-OH is 1. The molecule has 0 amide bonds. The maximum absolute atomic E-state index is 9.92. The number of hydrogen-bond donors (Lipinski definition) is 2. The molecule has 0 spiro atoms. The average molecular weight is 304 g/mol. The fourth-order valence-electron chi connectivity index (χ4n) is 2.64. The molecule has 3 nitrogen and oxygen atoms in total. The zero-order valence-corrected chi connectivity index (χ0v) is 12.5. The van der Waals surface area contributed by atoms with Crippen molar-refractivity contribution < 1.29 is 10.2 Å². The van der Waals surface area contributed by atoms with Crippen molar-refractivity contribution in [2.45, 2.75) is 32.4 Å². The molecule has 0 saturated carbocycles. The van der Waals surface area contributed by atoms with Crippen molar-refractivity contribution in [3.8, 4) is 5.75 Å². The highest BCUT2D eigenvalue weighted by Gasteiger charge is 2.25. The molecule has 1 aromatic carbocycles. The lowest BCUT2D eigenvalue weighted by molar-refractivity contribution is 0.0833. The van der Waals surface area contributed by atoms with Gasteiger partial charge in [-0.1, -0.05) is 23.2 Å². The summed E-state index contributed by atoms with van der Waals surface area (Å²) < 4.78 is 0. The Balaban J connectivity index is 2.07. The number of phenolic OH excluding ortho intramolecular Hbond substituents is 1. The first-order valence-electron chi connectivity index (χ1n) is 6.53. The summed E-state index contributed by atoms with van der Waals surface area (Å²) >= 11 is 11.9. The van der Waals surface area contributed by atoms with Crippen LogP contribution in [0.15, 0.2) is 12.1 Å².